The zero-order valence-electron chi connectivity index (χ0n) is 18.0. The van der Waals surface area contributed by atoms with Crippen LogP contribution in [-0.4, -0.2) is 30.7 Å². The second-order valence-corrected chi connectivity index (χ2v) is 20.3. The molecule has 0 aliphatic carbocycles. The number of rotatable bonds is 13. The van der Waals surface area contributed by atoms with Crippen molar-refractivity contribution in [1.29, 1.82) is 0 Å². The van der Waals surface area contributed by atoms with Crippen molar-refractivity contribution in [3.63, 3.8) is 0 Å². The van der Waals surface area contributed by atoms with E-state index in [1.54, 1.807) is 0 Å². The van der Waals surface area contributed by atoms with E-state index in [0.717, 1.165) is 51.8 Å². The van der Waals surface area contributed by atoms with Gasteiger partial charge in [-0.15, -0.1) is 0 Å². The molecule has 4 nitrogen and oxygen atoms in total. The van der Waals surface area contributed by atoms with Crippen LogP contribution in [0.15, 0.2) is 24.3 Å². The molecule has 8 heteroatoms. The van der Waals surface area contributed by atoms with Crippen molar-refractivity contribution in [1.82, 2.24) is 0 Å². The average molecular weight is 584 g/mol. The van der Waals surface area contributed by atoms with E-state index < -0.39 is 30.7 Å². The number of hydrogen-bond acceptors (Lipinski definition) is 3. The Morgan fingerprint density at radius 2 is 1.37 bits per heavy atom. The van der Waals surface area contributed by atoms with Crippen molar-refractivity contribution in [2.24, 2.45) is 0 Å². The molecule has 0 fully saturated rings. The maximum atomic E-state index is 12.6. The van der Waals surface area contributed by atoms with Crippen molar-refractivity contribution >= 4 is 71.2 Å². The van der Waals surface area contributed by atoms with Gasteiger partial charge in [-0.2, -0.15) is 0 Å². The van der Waals surface area contributed by atoms with Crippen LogP contribution in [-0.2, 0) is 12.7 Å². The van der Waals surface area contributed by atoms with E-state index in [4.69, 9.17) is 37.9 Å². The number of nitrogens with one attached hydrogen (secondary N) is 1. The molecule has 0 atom stereocenters. The second kappa shape index (κ2) is 14.6. The zero-order valence-corrected chi connectivity index (χ0v) is 23.2. The second-order valence-electron chi connectivity index (χ2n) is 7.48. The van der Waals surface area contributed by atoms with Crippen molar-refractivity contribution in [3.05, 3.63) is 39.4 Å². The molecule has 0 spiro atoms. The van der Waals surface area contributed by atoms with Crippen LogP contribution in [0, 0.1) is 0 Å². The quantitative estimate of drug-likeness (QED) is 0.189. The van der Waals surface area contributed by atoms with Crippen LogP contribution in [0.4, 0.5) is 5.69 Å². The summed E-state index contributed by atoms with van der Waals surface area (Å²) >= 11 is 15.0. The van der Waals surface area contributed by atoms with Crippen molar-refractivity contribution in [3.8, 4) is 0 Å². The van der Waals surface area contributed by atoms with Crippen LogP contribution in [0.2, 0.25) is 28.4 Å². The number of unbranched alkanes of at least 4 members (excludes halogenated alkanes) is 3. The molecule has 0 aromatic heterocycles. The van der Waals surface area contributed by atoms with Crippen molar-refractivity contribution in [2.45, 2.75) is 72.6 Å². The Kier molecular flexibility index (Phi) is 13.4. The molecule has 1 rings (SSSR count). The van der Waals surface area contributed by atoms with Crippen molar-refractivity contribution < 1.29 is 12.7 Å². The van der Waals surface area contributed by atoms with Crippen LogP contribution >= 0.6 is 34.8 Å². The van der Waals surface area contributed by atoms with E-state index in [1.165, 1.54) is 24.3 Å². The van der Waals surface area contributed by atoms with Gasteiger partial charge in [-0.1, -0.05) is 0 Å². The molecular formula is C22H32Cl3NO3Sn. The first-order valence-corrected chi connectivity index (χ1v) is 19.0. The summed E-state index contributed by atoms with van der Waals surface area (Å²) in [7, 11) is 0. The van der Waals surface area contributed by atoms with E-state index in [-0.39, 0.29) is 15.7 Å². The van der Waals surface area contributed by atoms with Gasteiger partial charge in [0.1, 0.15) is 0 Å². The number of amides is 1. The zero-order chi connectivity index (χ0) is 22.6. The Labute approximate surface area is 200 Å². The molecule has 1 aromatic rings. The van der Waals surface area contributed by atoms with Gasteiger partial charge in [0.05, 0.1) is 0 Å². The first-order chi connectivity index (χ1) is 14.3. The summed E-state index contributed by atoms with van der Waals surface area (Å²) in [6.07, 6.45) is 8.93. The molecule has 0 heterocycles. The van der Waals surface area contributed by atoms with Crippen LogP contribution in [0.1, 0.15) is 59.3 Å². The third kappa shape index (κ3) is 9.80. The van der Waals surface area contributed by atoms with Crippen molar-refractivity contribution in [2.75, 3.05) is 5.32 Å². The molecule has 1 aromatic carbocycles. The summed E-state index contributed by atoms with van der Waals surface area (Å²) in [5.41, 5.74) is 0.258. The van der Waals surface area contributed by atoms with Gasteiger partial charge in [-0.25, -0.2) is 0 Å². The van der Waals surface area contributed by atoms with Crippen LogP contribution < -0.4 is 5.32 Å². The Balaban J connectivity index is 2.85. The van der Waals surface area contributed by atoms with E-state index in [0.29, 0.717) is 5.02 Å². The topological polar surface area (TPSA) is 55.4 Å². The fraction of sp³-hybridized carbons (Fsp3) is 0.545. The molecule has 1 N–H and O–H groups in total. The molecule has 0 aliphatic rings. The van der Waals surface area contributed by atoms with E-state index in [9.17, 15) is 9.59 Å². The molecule has 0 saturated heterocycles. The van der Waals surface area contributed by atoms with Crippen LogP contribution in [0.25, 0.3) is 0 Å². The fourth-order valence-electron chi connectivity index (χ4n) is 3.24. The molecule has 0 aliphatic heterocycles. The maximum absolute atomic E-state index is 12.6. The van der Waals surface area contributed by atoms with Crippen LogP contribution in [0.5, 0.6) is 0 Å². The summed E-state index contributed by atoms with van der Waals surface area (Å²) in [5.74, 6) is -0.924. The summed E-state index contributed by atoms with van der Waals surface area (Å²) < 4.78 is 9.29. The summed E-state index contributed by atoms with van der Waals surface area (Å²) in [6.45, 7) is 6.49. The van der Waals surface area contributed by atoms with Gasteiger partial charge >= 0.3 is 201 Å². The Morgan fingerprint density at radius 3 is 1.80 bits per heavy atom. The van der Waals surface area contributed by atoms with Crippen LogP contribution in [0.3, 0.4) is 0 Å². The number of benzene rings is 1. The first kappa shape index (κ1) is 27.6. The third-order valence-electron chi connectivity index (χ3n) is 4.90. The van der Waals surface area contributed by atoms with E-state index >= 15 is 0 Å². The van der Waals surface area contributed by atoms with Gasteiger partial charge in [0.2, 0.25) is 0 Å². The third-order valence-corrected chi connectivity index (χ3v) is 18.4. The molecular weight excluding hydrogens is 551 g/mol. The van der Waals surface area contributed by atoms with Gasteiger partial charge < -0.3 is 0 Å². The molecule has 30 heavy (non-hydrogen) atoms. The van der Waals surface area contributed by atoms with E-state index in [2.05, 4.69) is 26.1 Å². The molecule has 0 unspecified atom stereocenters. The molecule has 0 bridgehead atoms. The monoisotopic (exact) mass is 583 g/mol. The fourth-order valence-corrected chi connectivity index (χ4v) is 17.1. The van der Waals surface area contributed by atoms with Gasteiger partial charge in [-0.05, 0) is 0 Å². The van der Waals surface area contributed by atoms with Gasteiger partial charge in [-0.3, -0.25) is 0 Å². The number of hydrogen-bond donors (Lipinski definition) is 1. The van der Waals surface area contributed by atoms with Gasteiger partial charge in [0.25, 0.3) is 0 Å². The number of anilines is 1. The van der Waals surface area contributed by atoms with E-state index in [1.807, 2.05) is 0 Å². The summed E-state index contributed by atoms with van der Waals surface area (Å²) in [4.78, 5) is 24.8. The minimum absolute atomic E-state index is 0.228. The standard InChI is InChI=1S/C10H6Cl3NO3.3C4H9.Sn/c11-5-3-6(12)10(7(13)4-5)14-8(15)1-2-9(16)17;3*1-3-4-2;/h1-4H,(H,14,15)(H,16,17);3*1,3-4H2,2H3;/q;;;;+1/p-1/b2-1+;;;;. The minimum atomic E-state index is -3.06. The summed E-state index contributed by atoms with van der Waals surface area (Å²) in [6, 6.07) is 2.97. The van der Waals surface area contributed by atoms with Gasteiger partial charge in [0.15, 0.2) is 0 Å². The molecule has 168 valence electrons. The molecule has 0 radical (unpaired) electrons. The first-order valence-electron chi connectivity index (χ1n) is 10.6. The normalized spacial score (nSPS) is 11.7. The average Bonchev–Trinajstić information content (AvgIpc) is 2.70. The summed E-state index contributed by atoms with van der Waals surface area (Å²) in [5, 5.41) is 3.42. The Bertz CT molecular complexity index is 696. The molecule has 1 amide bonds. The predicted octanol–water partition coefficient (Wildman–Crippen LogP) is 8.03. The Hall–Kier alpha value is -0.431. The number of carbonyl (C=O) groups excluding carboxylic acids is 2. The number of carbonyl (C=O) groups is 2. The Morgan fingerprint density at radius 1 is 0.900 bits per heavy atom. The SMILES string of the molecule is CCC[CH2][Sn]([CH2]CCC)([CH2]CCC)[O]C(=O)/C=C/C(=O)Nc1c(Cl)cc(Cl)cc1Cl. The number of halogens is 3. The predicted molar refractivity (Wildman–Crippen MR) is 130 cm³/mol. The van der Waals surface area contributed by atoms with Gasteiger partial charge in [0, 0.05) is 0 Å². The molecule has 0 saturated carbocycles.